The number of carbonyl (C=O) groups excluding carboxylic acids is 1. The van der Waals surface area contributed by atoms with E-state index in [4.69, 9.17) is 18.6 Å². The van der Waals surface area contributed by atoms with E-state index in [1.807, 2.05) is 44.2 Å². The van der Waals surface area contributed by atoms with Crippen LogP contribution in [0.2, 0.25) is 0 Å². The Bertz CT molecular complexity index is 1350. The number of nitrogens with one attached hydrogen (secondary N) is 1. The quantitative estimate of drug-likeness (QED) is 0.322. The SMILES string of the molecule is COc1ccc(NC(=O)/C=C(\C)c2cc3c(-c4ccc(OC)cc4)coc3c(C)c2OC)cc1. The average molecular weight is 458 g/mol. The number of benzene rings is 3. The van der Waals surface area contributed by atoms with Crippen molar-refractivity contribution in [3.8, 4) is 28.4 Å². The van der Waals surface area contributed by atoms with Gasteiger partial charge in [-0.15, -0.1) is 0 Å². The molecule has 1 N–H and O–H groups in total. The standard InChI is InChI=1S/C28H27NO5/c1-17(14-26(30)29-20-8-12-22(32-4)13-9-20)23-15-24-25(19-6-10-21(31-3)11-7-19)16-34-28(24)18(2)27(23)33-5/h6-16H,1-5H3,(H,29,30)/b17-14+. The van der Waals surface area contributed by atoms with Crippen molar-refractivity contribution in [3.63, 3.8) is 0 Å². The molecule has 0 saturated heterocycles. The minimum absolute atomic E-state index is 0.231. The third-order valence-corrected chi connectivity index (χ3v) is 5.78. The summed E-state index contributed by atoms with van der Waals surface area (Å²) in [6, 6.07) is 17.0. The number of ether oxygens (including phenoxy) is 3. The summed E-state index contributed by atoms with van der Waals surface area (Å²) in [6.45, 7) is 3.85. The Kier molecular flexibility index (Phi) is 6.59. The molecule has 4 rings (SSSR count). The summed E-state index contributed by atoms with van der Waals surface area (Å²) in [5.41, 5.74) is 5.88. The van der Waals surface area contributed by atoms with Crippen LogP contribution in [0.25, 0.3) is 27.7 Å². The molecule has 0 unspecified atom stereocenters. The Hall–Kier alpha value is -4.19. The molecule has 3 aromatic carbocycles. The van der Waals surface area contributed by atoms with Crippen LogP contribution in [0.4, 0.5) is 5.69 Å². The maximum Gasteiger partial charge on any atom is 0.248 e. The summed E-state index contributed by atoms with van der Waals surface area (Å²) < 4.78 is 22.1. The Balaban J connectivity index is 1.71. The van der Waals surface area contributed by atoms with E-state index >= 15 is 0 Å². The monoisotopic (exact) mass is 457 g/mol. The van der Waals surface area contributed by atoms with E-state index in [0.29, 0.717) is 11.4 Å². The number of anilines is 1. The van der Waals surface area contributed by atoms with Crippen molar-refractivity contribution in [1.29, 1.82) is 0 Å². The van der Waals surface area contributed by atoms with Gasteiger partial charge in [0.1, 0.15) is 22.8 Å². The first-order valence-corrected chi connectivity index (χ1v) is 10.8. The van der Waals surface area contributed by atoms with Gasteiger partial charge in [-0.2, -0.15) is 0 Å². The number of amides is 1. The molecular weight excluding hydrogens is 430 g/mol. The van der Waals surface area contributed by atoms with Crippen molar-refractivity contribution < 1.29 is 23.4 Å². The van der Waals surface area contributed by atoms with Crippen LogP contribution in [0, 0.1) is 6.92 Å². The first-order chi connectivity index (χ1) is 16.4. The minimum Gasteiger partial charge on any atom is -0.497 e. The normalized spacial score (nSPS) is 11.4. The van der Waals surface area contributed by atoms with E-state index < -0.39 is 0 Å². The molecule has 0 saturated carbocycles. The molecule has 0 aliphatic rings. The third kappa shape index (κ3) is 4.48. The molecule has 0 radical (unpaired) electrons. The van der Waals surface area contributed by atoms with Gasteiger partial charge in [-0.3, -0.25) is 4.79 Å². The van der Waals surface area contributed by atoms with Crippen molar-refractivity contribution in [2.24, 2.45) is 0 Å². The van der Waals surface area contributed by atoms with Gasteiger partial charge in [0.15, 0.2) is 0 Å². The number of methoxy groups -OCH3 is 3. The number of furan rings is 1. The molecule has 6 nitrogen and oxygen atoms in total. The van der Waals surface area contributed by atoms with Crippen molar-refractivity contribution in [2.75, 3.05) is 26.6 Å². The van der Waals surface area contributed by atoms with E-state index in [2.05, 4.69) is 5.32 Å². The highest BCUT2D eigenvalue weighted by molar-refractivity contribution is 6.06. The summed E-state index contributed by atoms with van der Waals surface area (Å²) in [4.78, 5) is 12.7. The van der Waals surface area contributed by atoms with Gasteiger partial charge in [-0.25, -0.2) is 0 Å². The molecule has 0 bridgehead atoms. The van der Waals surface area contributed by atoms with Gasteiger partial charge in [0.2, 0.25) is 5.91 Å². The second kappa shape index (κ2) is 9.75. The summed E-state index contributed by atoms with van der Waals surface area (Å²) in [5, 5.41) is 3.83. The number of allylic oxidation sites excluding steroid dienone is 1. The Morgan fingerprint density at radius 1 is 0.912 bits per heavy atom. The third-order valence-electron chi connectivity index (χ3n) is 5.78. The summed E-state index contributed by atoms with van der Waals surface area (Å²) >= 11 is 0. The Labute approximate surface area is 198 Å². The van der Waals surface area contributed by atoms with Crippen LogP contribution >= 0.6 is 0 Å². The molecule has 0 aliphatic heterocycles. The van der Waals surface area contributed by atoms with Crippen molar-refractivity contribution >= 4 is 28.1 Å². The second-order valence-corrected chi connectivity index (χ2v) is 7.88. The first kappa shape index (κ1) is 23.0. The fourth-order valence-corrected chi connectivity index (χ4v) is 3.99. The highest BCUT2D eigenvalue weighted by Gasteiger charge is 2.19. The molecule has 4 aromatic rings. The predicted octanol–water partition coefficient (Wildman–Crippen LogP) is 6.48. The smallest absolute Gasteiger partial charge is 0.248 e. The lowest BCUT2D eigenvalue weighted by molar-refractivity contribution is -0.111. The molecule has 1 heterocycles. The largest absolute Gasteiger partial charge is 0.497 e. The second-order valence-electron chi connectivity index (χ2n) is 7.88. The van der Waals surface area contributed by atoms with Gasteiger partial charge in [-0.1, -0.05) is 12.1 Å². The zero-order chi connectivity index (χ0) is 24.2. The average Bonchev–Trinajstić information content (AvgIpc) is 3.28. The van der Waals surface area contributed by atoms with Crippen LogP contribution in [-0.2, 0) is 4.79 Å². The van der Waals surface area contributed by atoms with E-state index in [-0.39, 0.29) is 5.91 Å². The number of carbonyl (C=O) groups is 1. The topological polar surface area (TPSA) is 69.9 Å². The molecule has 1 aromatic heterocycles. The van der Waals surface area contributed by atoms with E-state index in [1.165, 1.54) is 0 Å². The van der Waals surface area contributed by atoms with Gasteiger partial charge in [0.25, 0.3) is 0 Å². The molecule has 1 amide bonds. The van der Waals surface area contributed by atoms with Crippen LogP contribution in [0.15, 0.2) is 71.4 Å². The number of hydrogen-bond donors (Lipinski definition) is 1. The Morgan fingerprint density at radius 2 is 1.53 bits per heavy atom. The zero-order valence-corrected chi connectivity index (χ0v) is 19.9. The van der Waals surface area contributed by atoms with Crippen LogP contribution in [0.5, 0.6) is 17.2 Å². The highest BCUT2D eigenvalue weighted by Crippen LogP contribution is 2.40. The molecule has 0 atom stereocenters. The molecule has 6 heteroatoms. The molecule has 0 aliphatic carbocycles. The summed E-state index contributed by atoms with van der Waals surface area (Å²) in [5.74, 6) is 1.96. The number of fused-ring (bicyclic) bond motifs is 1. The lowest BCUT2D eigenvalue weighted by atomic mass is 9.96. The maximum absolute atomic E-state index is 12.7. The van der Waals surface area contributed by atoms with Crippen molar-refractivity contribution in [1.82, 2.24) is 0 Å². The van der Waals surface area contributed by atoms with Gasteiger partial charge in [0, 0.05) is 33.8 Å². The lowest BCUT2D eigenvalue weighted by Crippen LogP contribution is -2.08. The fraction of sp³-hybridized carbons (Fsp3) is 0.179. The Morgan fingerprint density at radius 3 is 2.12 bits per heavy atom. The van der Waals surface area contributed by atoms with Crippen LogP contribution in [0.3, 0.4) is 0 Å². The number of rotatable bonds is 7. The first-order valence-electron chi connectivity index (χ1n) is 10.8. The van der Waals surface area contributed by atoms with Crippen molar-refractivity contribution in [2.45, 2.75) is 13.8 Å². The fourth-order valence-electron chi connectivity index (χ4n) is 3.99. The molecule has 0 spiro atoms. The van der Waals surface area contributed by atoms with E-state index in [0.717, 1.165) is 50.3 Å². The van der Waals surface area contributed by atoms with E-state index in [9.17, 15) is 4.79 Å². The van der Waals surface area contributed by atoms with Crippen LogP contribution < -0.4 is 19.5 Å². The molecule has 34 heavy (non-hydrogen) atoms. The molecular formula is C28H27NO5. The number of aryl methyl sites for hydroxylation is 1. The van der Waals surface area contributed by atoms with Gasteiger partial charge >= 0.3 is 0 Å². The van der Waals surface area contributed by atoms with Crippen LogP contribution in [0.1, 0.15) is 18.1 Å². The molecule has 174 valence electrons. The summed E-state index contributed by atoms with van der Waals surface area (Å²) in [6.07, 6.45) is 3.32. The van der Waals surface area contributed by atoms with Gasteiger partial charge in [0.05, 0.1) is 27.6 Å². The predicted molar refractivity (Wildman–Crippen MR) is 135 cm³/mol. The van der Waals surface area contributed by atoms with Crippen molar-refractivity contribution in [3.05, 3.63) is 78.1 Å². The summed E-state index contributed by atoms with van der Waals surface area (Å²) in [7, 11) is 4.87. The van der Waals surface area contributed by atoms with Gasteiger partial charge in [-0.05, 0) is 67.4 Å². The maximum atomic E-state index is 12.7. The van der Waals surface area contributed by atoms with E-state index in [1.54, 1.807) is 57.9 Å². The highest BCUT2D eigenvalue weighted by atomic mass is 16.5. The van der Waals surface area contributed by atoms with Gasteiger partial charge < -0.3 is 23.9 Å². The lowest BCUT2D eigenvalue weighted by Gasteiger charge is -2.13. The minimum atomic E-state index is -0.231. The molecule has 0 fully saturated rings. The number of hydrogen-bond acceptors (Lipinski definition) is 5. The van der Waals surface area contributed by atoms with Crippen LogP contribution in [-0.4, -0.2) is 27.2 Å². The zero-order valence-electron chi connectivity index (χ0n) is 19.9.